The van der Waals surface area contributed by atoms with Gasteiger partial charge in [0.1, 0.15) is 23.4 Å². The Hall–Kier alpha value is -4.94. The third kappa shape index (κ3) is 5.22. The van der Waals surface area contributed by atoms with Crippen molar-refractivity contribution in [3.63, 3.8) is 0 Å². The van der Waals surface area contributed by atoms with Crippen LogP contribution in [0.2, 0.25) is 0 Å². The highest BCUT2D eigenvalue weighted by molar-refractivity contribution is 7.29. The molecule has 5 aromatic rings. The average Bonchev–Trinajstić information content (AvgIpc) is 3.82. The van der Waals surface area contributed by atoms with E-state index in [2.05, 4.69) is 51.3 Å². The van der Waals surface area contributed by atoms with Crippen molar-refractivity contribution in [3.8, 4) is 22.0 Å². The maximum Gasteiger partial charge on any atom is 0.335 e. The number of nitrogens with zero attached hydrogens (tertiary/aromatic N) is 3. The van der Waals surface area contributed by atoms with E-state index in [4.69, 9.17) is 4.42 Å². The molecule has 2 aliphatic rings. The van der Waals surface area contributed by atoms with Gasteiger partial charge in [-0.25, -0.2) is 9.59 Å². The van der Waals surface area contributed by atoms with Crippen LogP contribution in [-0.4, -0.2) is 49.6 Å². The van der Waals surface area contributed by atoms with Crippen molar-refractivity contribution < 1.29 is 24.2 Å². The molecule has 0 radical (unpaired) electrons. The van der Waals surface area contributed by atoms with Gasteiger partial charge in [-0.1, -0.05) is 13.8 Å². The summed E-state index contributed by atoms with van der Waals surface area (Å²) in [4.78, 5) is 34.4. The number of hydrogen-bond acceptors (Lipinski definition) is 9. The van der Waals surface area contributed by atoms with Crippen LogP contribution in [0.4, 0.5) is 0 Å². The van der Waals surface area contributed by atoms with Crippen molar-refractivity contribution in [2.24, 2.45) is 12.0 Å². The zero-order chi connectivity index (χ0) is 31.1. The van der Waals surface area contributed by atoms with Crippen molar-refractivity contribution in [1.29, 1.82) is 0 Å². The number of dihydropyridines is 1. The number of aromatic nitrogens is 2. The molecule has 0 fully saturated rings. The van der Waals surface area contributed by atoms with E-state index in [1.807, 2.05) is 38.1 Å². The zero-order valence-corrected chi connectivity index (χ0v) is 25.9. The lowest BCUT2D eigenvalue weighted by Gasteiger charge is -2.26. The molecule has 2 unspecified atom stereocenters. The van der Waals surface area contributed by atoms with Gasteiger partial charge in [0.15, 0.2) is 6.04 Å². The smallest absolute Gasteiger partial charge is 0.335 e. The molecule has 2 aliphatic heterocycles. The molecule has 0 aromatic carbocycles. The Morgan fingerprint density at radius 3 is 2.55 bits per heavy atom. The predicted octanol–water partition coefficient (Wildman–Crippen LogP) is 6.40. The Morgan fingerprint density at radius 1 is 1.02 bits per heavy atom. The first-order valence-corrected chi connectivity index (χ1v) is 15.6. The van der Waals surface area contributed by atoms with Crippen molar-refractivity contribution in [1.82, 2.24) is 20.2 Å². The molecule has 7 heterocycles. The Morgan fingerprint density at radius 2 is 1.77 bits per heavy atom. The summed E-state index contributed by atoms with van der Waals surface area (Å²) in [7, 11) is 2.08. The number of rotatable bonds is 6. The predicted molar refractivity (Wildman–Crippen MR) is 175 cm³/mol. The fourth-order valence-electron chi connectivity index (χ4n) is 5.14. The fraction of sp³-hybridized carbons (Fsp3) is 0.188. The number of furan rings is 1. The summed E-state index contributed by atoms with van der Waals surface area (Å²) in [5.74, 6) is -0.514. The number of amidine groups is 1. The summed E-state index contributed by atoms with van der Waals surface area (Å²) >= 11 is 3.51. The number of carboxylic acids is 2. The van der Waals surface area contributed by atoms with E-state index in [1.165, 1.54) is 49.7 Å². The first kappa shape index (κ1) is 29.1. The van der Waals surface area contributed by atoms with Crippen LogP contribution in [0.15, 0.2) is 82.0 Å². The van der Waals surface area contributed by atoms with E-state index >= 15 is 0 Å². The second-order valence-electron chi connectivity index (χ2n) is 9.96. The van der Waals surface area contributed by atoms with E-state index in [0.717, 1.165) is 16.2 Å². The second-order valence-corrected chi connectivity index (χ2v) is 12.3. The highest BCUT2D eigenvalue weighted by atomic mass is 32.1. The average molecular weight is 628 g/mol. The van der Waals surface area contributed by atoms with Gasteiger partial charge in [-0.3, -0.25) is 9.98 Å². The normalized spacial score (nSPS) is 17.7. The molecule has 0 saturated heterocycles. The van der Waals surface area contributed by atoms with Gasteiger partial charge in [0, 0.05) is 29.9 Å². The molecular formula is C32H29N5O5S2. The van der Waals surface area contributed by atoms with Crippen LogP contribution in [0.25, 0.3) is 48.1 Å². The molecule has 0 saturated carbocycles. The summed E-state index contributed by atoms with van der Waals surface area (Å²) < 4.78 is 11.1. The molecule has 5 aromatic heterocycles. The quantitative estimate of drug-likeness (QED) is 0.169. The van der Waals surface area contributed by atoms with Gasteiger partial charge >= 0.3 is 11.9 Å². The first-order valence-electron chi connectivity index (χ1n) is 14.0. The van der Waals surface area contributed by atoms with Gasteiger partial charge in [0.25, 0.3) is 0 Å². The Balaban J connectivity index is 0.00000168. The third-order valence-corrected chi connectivity index (χ3v) is 9.53. The molecule has 44 heavy (non-hydrogen) atoms. The number of pyridine rings is 1. The highest BCUT2D eigenvalue weighted by Crippen LogP contribution is 2.43. The minimum Gasteiger partial charge on any atom is -0.479 e. The Bertz CT molecular complexity index is 2050. The summed E-state index contributed by atoms with van der Waals surface area (Å²) in [5.41, 5.74) is 4.19. The van der Waals surface area contributed by atoms with Crippen LogP contribution in [0.5, 0.6) is 0 Å². The van der Waals surface area contributed by atoms with Crippen molar-refractivity contribution in [2.45, 2.75) is 32.9 Å². The molecule has 2 atom stereocenters. The standard InChI is InChI=1S/C30H23N5O5S2.C2H6/c1-14-9-21-26(41-14)27-22(35(21)2)13-25(42-27)24-4-3-23(40-24)15-5-7-31-18(10-15)19-11-16(29(36)37)12-20(33-19)28-32-8-6-17(34-28)30(38)39;1-2/h3-13,17,20,33H,1-2H3,(H,32,34)(H,36,37)(H,38,39);1-2H3. The van der Waals surface area contributed by atoms with Crippen LogP contribution in [-0.2, 0) is 16.6 Å². The van der Waals surface area contributed by atoms with E-state index in [1.54, 1.807) is 28.9 Å². The van der Waals surface area contributed by atoms with Crippen molar-refractivity contribution in [3.05, 3.63) is 83.2 Å². The molecule has 0 aliphatic carbocycles. The van der Waals surface area contributed by atoms with Crippen LogP contribution in [0.3, 0.4) is 0 Å². The Labute approximate surface area is 260 Å². The highest BCUT2D eigenvalue weighted by Gasteiger charge is 2.27. The minimum absolute atomic E-state index is 0.0342. The zero-order valence-electron chi connectivity index (χ0n) is 24.3. The van der Waals surface area contributed by atoms with Crippen LogP contribution in [0, 0.1) is 6.92 Å². The molecular weight excluding hydrogens is 599 g/mol. The third-order valence-electron chi connectivity index (χ3n) is 7.19. The first-order chi connectivity index (χ1) is 21.2. The number of aliphatic imine (C=N–C) groups is 1. The number of aryl methyl sites for hydroxylation is 2. The Kier molecular flexibility index (Phi) is 7.70. The monoisotopic (exact) mass is 627 g/mol. The number of nitrogens with one attached hydrogen (secondary N) is 2. The van der Waals surface area contributed by atoms with Gasteiger partial charge < -0.3 is 29.8 Å². The number of carbonyl (C=O) groups is 2. The van der Waals surface area contributed by atoms with Crippen LogP contribution >= 0.6 is 22.7 Å². The van der Waals surface area contributed by atoms with Crippen LogP contribution < -0.4 is 10.6 Å². The lowest BCUT2D eigenvalue weighted by molar-refractivity contribution is -0.137. The molecule has 10 nitrogen and oxygen atoms in total. The van der Waals surface area contributed by atoms with Gasteiger partial charge in [-0.15, -0.1) is 22.7 Å². The molecule has 0 spiro atoms. The summed E-state index contributed by atoms with van der Waals surface area (Å²) in [6, 6.07) is 10.1. The molecule has 224 valence electrons. The van der Waals surface area contributed by atoms with Crippen LogP contribution in [0.1, 0.15) is 24.4 Å². The van der Waals surface area contributed by atoms with Gasteiger partial charge in [0.05, 0.1) is 42.3 Å². The lowest BCUT2D eigenvalue weighted by atomic mass is 10.0. The topological polar surface area (TPSA) is 142 Å². The van der Waals surface area contributed by atoms with Crippen molar-refractivity contribution >= 4 is 66.6 Å². The van der Waals surface area contributed by atoms with E-state index in [9.17, 15) is 19.8 Å². The maximum absolute atomic E-state index is 12.0. The molecule has 0 amide bonds. The van der Waals surface area contributed by atoms with Gasteiger partial charge in [-0.05, 0) is 61.5 Å². The summed E-state index contributed by atoms with van der Waals surface area (Å²) in [6.45, 7) is 6.12. The van der Waals surface area contributed by atoms with Crippen molar-refractivity contribution in [2.75, 3.05) is 0 Å². The molecule has 4 N–H and O–H groups in total. The fourth-order valence-corrected chi connectivity index (χ4v) is 7.48. The lowest BCUT2D eigenvalue weighted by Crippen LogP contribution is -2.45. The summed E-state index contributed by atoms with van der Waals surface area (Å²) in [6.07, 6.45) is 7.52. The van der Waals surface area contributed by atoms with Gasteiger partial charge in [-0.2, -0.15) is 0 Å². The molecule has 7 rings (SSSR count). The molecule has 12 heteroatoms. The number of aliphatic carboxylic acids is 2. The second kappa shape index (κ2) is 11.6. The number of carboxylic acid groups (broad SMARTS) is 2. The SMILES string of the molecule is CC.Cc1cc2c(s1)c1sc(-c3ccc(-c4ccnc(C5=CC(C(=O)O)=CC(C6=NC(C(=O)O)C=CN6)N5)c4)o3)cc1n2C. The number of thiophene rings is 2. The molecule has 0 bridgehead atoms. The van der Waals surface area contributed by atoms with E-state index in [0.29, 0.717) is 23.0 Å². The maximum atomic E-state index is 12.0. The number of hydrogen-bond donors (Lipinski definition) is 4. The largest absolute Gasteiger partial charge is 0.479 e. The minimum atomic E-state index is -1.12. The van der Waals surface area contributed by atoms with Gasteiger partial charge in [0.2, 0.25) is 0 Å². The summed E-state index contributed by atoms with van der Waals surface area (Å²) in [5, 5.41) is 25.3. The van der Waals surface area contributed by atoms with E-state index in [-0.39, 0.29) is 5.57 Å². The number of fused-ring (bicyclic) bond motifs is 3. The van der Waals surface area contributed by atoms with E-state index < -0.39 is 24.0 Å².